The average Bonchev–Trinajstić information content (AvgIpc) is 3.13. The van der Waals surface area contributed by atoms with Crippen LogP contribution in [0.1, 0.15) is 25.3 Å². The summed E-state index contributed by atoms with van der Waals surface area (Å²) in [6.07, 6.45) is 2.61. The van der Waals surface area contributed by atoms with Crippen LogP contribution in [0.15, 0.2) is 29.3 Å². The minimum Gasteiger partial charge on any atom is -0.496 e. The van der Waals surface area contributed by atoms with Crippen LogP contribution in [0.25, 0.3) is 0 Å². The maximum atomic E-state index is 5.74. The third kappa shape index (κ3) is 6.61. The van der Waals surface area contributed by atoms with Gasteiger partial charge in [-0.1, -0.05) is 18.2 Å². The standard InChI is InChI=1S/C18H29N3O2S/c1-3-19-18(21-13-16-8-6-12-24-16)20-10-11-23-14-15-7-4-5-9-17(15)22-2/h4-5,7,9,16H,3,6,8,10-14H2,1-2H3,(H2,19,20,21). The molecule has 2 N–H and O–H groups in total. The molecule has 0 aliphatic carbocycles. The van der Waals surface area contributed by atoms with Crippen LogP contribution in [0.2, 0.25) is 0 Å². The van der Waals surface area contributed by atoms with Crippen molar-refractivity contribution in [3.05, 3.63) is 29.8 Å². The maximum absolute atomic E-state index is 5.74. The summed E-state index contributed by atoms with van der Waals surface area (Å²) in [5.74, 6) is 3.03. The molecule has 2 rings (SSSR count). The number of nitrogens with one attached hydrogen (secondary N) is 2. The molecule has 0 saturated carbocycles. The summed E-state index contributed by atoms with van der Waals surface area (Å²) in [5.41, 5.74) is 1.07. The van der Waals surface area contributed by atoms with Gasteiger partial charge >= 0.3 is 0 Å². The molecule has 134 valence electrons. The molecule has 1 atom stereocenters. The molecular formula is C18H29N3O2S. The monoisotopic (exact) mass is 351 g/mol. The molecule has 1 aliphatic heterocycles. The predicted molar refractivity (Wildman–Crippen MR) is 102 cm³/mol. The number of ether oxygens (including phenoxy) is 2. The molecule has 5 nitrogen and oxygen atoms in total. The molecule has 0 amide bonds. The second kappa shape index (κ2) is 11.2. The lowest BCUT2D eigenvalue weighted by atomic mass is 10.2. The Morgan fingerprint density at radius 3 is 2.96 bits per heavy atom. The summed E-state index contributed by atoms with van der Waals surface area (Å²) in [4.78, 5) is 4.68. The van der Waals surface area contributed by atoms with E-state index in [0.29, 0.717) is 18.5 Å². The number of hydrogen-bond acceptors (Lipinski definition) is 4. The van der Waals surface area contributed by atoms with Gasteiger partial charge in [-0.05, 0) is 31.6 Å². The zero-order chi connectivity index (χ0) is 17.0. The zero-order valence-electron chi connectivity index (χ0n) is 14.7. The van der Waals surface area contributed by atoms with Gasteiger partial charge in [0.15, 0.2) is 5.96 Å². The van der Waals surface area contributed by atoms with E-state index in [1.807, 2.05) is 36.0 Å². The lowest BCUT2D eigenvalue weighted by Gasteiger charge is -2.13. The van der Waals surface area contributed by atoms with E-state index in [1.54, 1.807) is 7.11 Å². The predicted octanol–water partition coefficient (Wildman–Crippen LogP) is 2.66. The van der Waals surface area contributed by atoms with Crippen LogP contribution >= 0.6 is 11.8 Å². The van der Waals surface area contributed by atoms with Gasteiger partial charge in [0.2, 0.25) is 0 Å². The van der Waals surface area contributed by atoms with Gasteiger partial charge in [-0.15, -0.1) is 0 Å². The van der Waals surface area contributed by atoms with Crippen molar-refractivity contribution < 1.29 is 9.47 Å². The summed E-state index contributed by atoms with van der Waals surface area (Å²) >= 11 is 2.04. The smallest absolute Gasteiger partial charge is 0.191 e. The Morgan fingerprint density at radius 2 is 2.21 bits per heavy atom. The van der Waals surface area contributed by atoms with E-state index in [1.165, 1.54) is 18.6 Å². The largest absolute Gasteiger partial charge is 0.496 e. The van der Waals surface area contributed by atoms with E-state index >= 15 is 0 Å². The Labute approximate surface area is 149 Å². The fourth-order valence-electron chi connectivity index (χ4n) is 2.57. The van der Waals surface area contributed by atoms with E-state index in [2.05, 4.69) is 22.5 Å². The van der Waals surface area contributed by atoms with Crippen LogP contribution in [0.3, 0.4) is 0 Å². The molecule has 0 bridgehead atoms. The molecule has 1 aromatic carbocycles. The number of thioether (sulfide) groups is 1. The van der Waals surface area contributed by atoms with Gasteiger partial charge in [0, 0.05) is 23.9 Å². The first kappa shape index (κ1) is 18.9. The molecule has 1 heterocycles. The van der Waals surface area contributed by atoms with E-state index < -0.39 is 0 Å². The van der Waals surface area contributed by atoms with Crippen molar-refractivity contribution in [1.29, 1.82) is 0 Å². The Bertz CT molecular complexity index is 505. The van der Waals surface area contributed by atoms with E-state index in [4.69, 9.17) is 9.47 Å². The highest BCUT2D eigenvalue weighted by atomic mass is 32.2. The minimum absolute atomic E-state index is 0.554. The molecule has 1 unspecified atom stereocenters. The van der Waals surface area contributed by atoms with E-state index in [9.17, 15) is 0 Å². The van der Waals surface area contributed by atoms with Crippen LogP contribution in [-0.4, -0.2) is 50.3 Å². The Balaban J connectivity index is 1.67. The fraction of sp³-hybridized carbons (Fsp3) is 0.611. The number of rotatable bonds is 9. The number of methoxy groups -OCH3 is 1. The van der Waals surface area contributed by atoms with Gasteiger partial charge in [-0.3, -0.25) is 4.99 Å². The first-order chi connectivity index (χ1) is 11.8. The highest BCUT2D eigenvalue weighted by molar-refractivity contribution is 8.00. The quantitative estimate of drug-likeness (QED) is 0.407. The molecular weight excluding hydrogens is 322 g/mol. The number of aliphatic imine (C=N–C) groups is 1. The second-order valence-electron chi connectivity index (χ2n) is 5.65. The van der Waals surface area contributed by atoms with Crippen molar-refractivity contribution >= 4 is 17.7 Å². The van der Waals surface area contributed by atoms with Crippen molar-refractivity contribution in [3.63, 3.8) is 0 Å². The average molecular weight is 352 g/mol. The molecule has 0 aromatic heterocycles. The van der Waals surface area contributed by atoms with Crippen LogP contribution in [-0.2, 0) is 11.3 Å². The van der Waals surface area contributed by atoms with Gasteiger partial charge in [0.05, 0.1) is 26.9 Å². The van der Waals surface area contributed by atoms with Gasteiger partial charge in [-0.2, -0.15) is 11.8 Å². The molecule has 1 fully saturated rings. The van der Waals surface area contributed by atoms with Crippen LogP contribution in [0.5, 0.6) is 5.75 Å². The van der Waals surface area contributed by atoms with Crippen molar-refractivity contribution in [2.75, 3.05) is 39.1 Å². The molecule has 6 heteroatoms. The number of hydrogen-bond donors (Lipinski definition) is 2. The van der Waals surface area contributed by atoms with Gasteiger partial charge < -0.3 is 20.1 Å². The van der Waals surface area contributed by atoms with E-state index in [0.717, 1.165) is 36.9 Å². The van der Waals surface area contributed by atoms with Crippen molar-refractivity contribution in [3.8, 4) is 5.75 Å². The highest BCUT2D eigenvalue weighted by Crippen LogP contribution is 2.26. The number of nitrogens with zero attached hydrogens (tertiary/aromatic N) is 1. The third-order valence-corrected chi connectivity index (χ3v) is 5.19. The topological polar surface area (TPSA) is 54.9 Å². The number of guanidine groups is 1. The SMILES string of the molecule is CCNC(=NCC1CCCS1)NCCOCc1ccccc1OC. The Hall–Kier alpha value is -1.40. The Kier molecular flexibility index (Phi) is 8.84. The van der Waals surface area contributed by atoms with Crippen molar-refractivity contribution in [2.45, 2.75) is 31.6 Å². The van der Waals surface area contributed by atoms with Crippen molar-refractivity contribution in [2.24, 2.45) is 4.99 Å². The highest BCUT2D eigenvalue weighted by Gasteiger charge is 2.14. The van der Waals surface area contributed by atoms with Gasteiger partial charge in [0.25, 0.3) is 0 Å². The van der Waals surface area contributed by atoms with Crippen molar-refractivity contribution in [1.82, 2.24) is 10.6 Å². The van der Waals surface area contributed by atoms with Crippen LogP contribution < -0.4 is 15.4 Å². The summed E-state index contributed by atoms with van der Waals surface area (Å²) in [6, 6.07) is 7.94. The molecule has 24 heavy (non-hydrogen) atoms. The first-order valence-corrected chi connectivity index (χ1v) is 9.71. The summed E-state index contributed by atoms with van der Waals surface area (Å²) in [7, 11) is 1.68. The lowest BCUT2D eigenvalue weighted by molar-refractivity contribution is 0.123. The third-order valence-electron chi connectivity index (χ3n) is 3.81. The first-order valence-electron chi connectivity index (χ1n) is 8.67. The summed E-state index contributed by atoms with van der Waals surface area (Å²) in [6.45, 7) is 5.75. The van der Waals surface area contributed by atoms with Gasteiger partial charge in [0.1, 0.15) is 5.75 Å². The fourth-order valence-corrected chi connectivity index (χ4v) is 3.75. The van der Waals surface area contributed by atoms with Crippen LogP contribution in [0.4, 0.5) is 0 Å². The molecule has 0 spiro atoms. The second-order valence-corrected chi connectivity index (χ2v) is 7.05. The lowest BCUT2D eigenvalue weighted by Crippen LogP contribution is -2.39. The summed E-state index contributed by atoms with van der Waals surface area (Å²) < 4.78 is 11.1. The molecule has 0 radical (unpaired) electrons. The number of para-hydroxylation sites is 1. The van der Waals surface area contributed by atoms with E-state index in [-0.39, 0.29) is 0 Å². The zero-order valence-corrected chi connectivity index (χ0v) is 15.5. The summed E-state index contributed by atoms with van der Waals surface area (Å²) in [5, 5.41) is 7.30. The molecule has 1 aliphatic rings. The Morgan fingerprint density at radius 1 is 1.33 bits per heavy atom. The molecule has 1 saturated heterocycles. The van der Waals surface area contributed by atoms with Gasteiger partial charge in [-0.25, -0.2) is 0 Å². The minimum atomic E-state index is 0.554. The number of benzene rings is 1. The maximum Gasteiger partial charge on any atom is 0.191 e. The van der Waals surface area contributed by atoms with Crippen LogP contribution in [0, 0.1) is 0 Å². The molecule has 1 aromatic rings. The normalized spacial score (nSPS) is 17.8.